The van der Waals surface area contributed by atoms with E-state index in [1.165, 1.54) is 5.06 Å². The Morgan fingerprint density at radius 3 is 3.16 bits per heavy atom. The predicted octanol–water partition coefficient (Wildman–Crippen LogP) is 1.10. The van der Waals surface area contributed by atoms with Gasteiger partial charge in [0.15, 0.2) is 0 Å². The summed E-state index contributed by atoms with van der Waals surface area (Å²) in [6.45, 7) is 5.11. The maximum absolute atomic E-state index is 12.1. The number of nitrogens with zero attached hydrogens (tertiary/aromatic N) is 4. The lowest BCUT2D eigenvalue weighted by molar-refractivity contribution is -0.105. The Bertz CT molecular complexity index is 529. The summed E-state index contributed by atoms with van der Waals surface area (Å²) in [6, 6.07) is -0.236. The van der Waals surface area contributed by atoms with Gasteiger partial charge in [0.1, 0.15) is 6.04 Å². The molecule has 0 saturated carbocycles. The molecule has 2 bridgehead atoms. The number of carbonyl (C=O) groups is 1. The van der Waals surface area contributed by atoms with Crippen molar-refractivity contribution >= 4 is 11.6 Å². The summed E-state index contributed by atoms with van der Waals surface area (Å²) in [5.74, 6) is 0. The average Bonchev–Trinajstić information content (AvgIpc) is 2.70. The highest BCUT2D eigenvalue weighted by molar-refractivity contribution is 5.84. The number of amides is 2. The zero-order chi connectivity index (χ0) is 13.2. The minimum Gasteiger partial charge on any atom is -0.317 e. The van der Waals surface area contributed by atoms with Crippen molar-refractivity contribution in [1.82, 2.24) is 19.9 Å². The first-order valence-corrected chi connectivity index (χ1v) is 6.09. The molecule has 6 heteroatoms. The summed E-state index contributed by atoms with van der Waals surface area (Å²) in [6.07, 6.45) is 8.61. The zero-order valence-electron chi connectivity index (χ0n) is 10.4. The van der Waals surface area contributed by atoms with E-state index in [0.29, 0.717) is 19.7 Å². The lowest BCUT2D eigenvalue weighted by atomic mass is 10.0. The third kappa shape index (κ3) is 2.00. The standard InChI is InChI=1S/C13H14N4O2/c1-2-7-19-17-12-9-16(13(17)18)6-3-10(12)11-8-14-4-5-15-11/h2-5,8,12H,1,6-7,9H2. The van der Waals surface area contributed by atoms with E-state index in [1.54, 1.807) is 29.6 Å². The number of urea groups is 1. The number of hydrogen-bond donors (Lipinski definition) is 0. The molecule has 1 unspecified atom stereocenters. The second kappa shape index (κ2) is 4.81. The van der Waals surface area contributed by atoms with Crippen LogP contribution in [0.3, 0.4) is 0 Å². The Morgan fingerprint density at radius 1 is 1.53 bits per heavy atom. The Kier molecular flexibility index (Phi) is 3.00. The Morgan fingerprint density at radius 2 is 2.42 bits per heavy atom. The molecule has 19 heavy (non-hydrogen) atoms. The second-order valence-electron chi connectivity index (χ2n) is 4.36. The van der Waals surface area contributed by atoms with Crippen molar-refractivity contribution < 1.29 is 9.63 Å². The van der Waals surface area contributed by atoms with Gasteiger partial charge in [0.25, 0.3) is 0 Å². The Labute approximate surface area is 111 Å². The molecule has 1 aromatic rings. The molecule has 1 atom stereocenters. The maximum atomic E-state index is 12.1. The van der Waals surface area contributed by atoms with Gasteiger partial charge in [-0.25, -0.2) is 4.79 Å². The molecule has 6 nitrogen and oxygen atoms in total. The summed E-state index contributed by atoms with van der Waals surface area (Å²) in [5.41, 5.74) is 1.77. The molecule has 3 heterocycles. The van der Waals surface area contributed by atoms with Gasteiger partial charge in [-0.1, -0.05) is 12.2 Å². The third-order valence-electron chi connectivity index (χ3n) is 3.22. The van der Waals surface area contributed by atoms with Crippen molar-refractivity contribution in [2.75, 3.05) is 19.7 Å². The predicted molar refractivity (Wildman–Crippen MR) is 68.8 cm³/mol. The highest BCUT2D eigenvalue weighted by Gasteiger charge is 2.43. The molecule has 0 spiro atoms. The molecule has 1 fully saturated rings. The van der Waals surface area contributed by atoms with Gasteiger partial charge in [-0.15, -0.1) is 6.58 Å². The first kappa shape index (κ1) is 11.9. The van der Waals surface area contributed by atoms with Gasteiger partial charge in [-0.3, -0.25) is 14.8 Å². The molecule has 0 aliphatic carbocycles. The summed E-state index contributed by atoms with van der Waals surface area (Å²) in [7, 11) is 0. The molecule has 1 saturated heterocycles. The number of fused-ring (bicyclic) bond motifs is 2. The number of hydroxylamine groups is 2. The van der Waals surface area contributed by atoms with Crippen LogP contribution in [0.15, 0.2) is 37.3 Å². The Balaban J connectivity index is 1.89. The van der Waals surface area contributed by atoms with Crippen LogP contribution in [0, 0.1) is 0 Å². The molecular weight excluding hydrogens is 244 g/mol. The van der Waals surface area contributed by atoms with Crippen LogP contribution in [0.25, 0.3) is 5.57 Å². The van der Waals surface area contributed by atoms with Gasteiger partial charge in [0.2, 0.25) is 0 Å². The lowest BCUT2D eigenvalue weighted by Crippen LogP contribution is -2.34. The lowest BCUT2D eigenvalue weighted by Gasteiger charge is -2.24. The normalized spacial score (nSPS) is 21.6. The highest BCUT2D eigenvalue weighted by Crippen LogP contribution is 2.31. The summed E-state index contributed by atoms with van der Waals surface area (Å²) < 4.78 is 0. The molecule has 0 radical (unpaired) electrons. The minimum absolute atomic E-state index is 0.109. The first-order chi connectivity index (χ1) is 9.31. The monoisotopic (exact) mass is 258 g/mol. The van der Waals surface area contributed by atoms with E-state index < -0.39 is 0 Å². The van der Waals surface area contributed by atoms with Crippen molar-refractivity contribution in [2.45, 2.75) is 6.04 Å². The van der Waals surface area contributed by atoms with Crippen LogP contribution >= 0.6 is 0 Å². The van der Waals surface area contributed by atoms with Gasteiger partial charge in [-0.05, 0) is 0 Å². The summed E-state index contributed by atoms with van der Waals surface area (Å²) >= 11 is 0. The van der Waals surface area contributed by atoms with Gasteiger partial charge in [0, 0.05) is 24.5 Å². The van der Waals surface area contributed by atoms with Crippen LogP contribution in [-0.4, -0.2) is 51.7 Å². The Hall–Kier alpha value is -2.21. The quantitative estimate of drug-likeness (QED) is 0.759. The SMILES string of the molecule is C=CCON1C(=O)N2CC=C(c3cnccn3)C1C2. The van der Waals surface area contributed by atoms with E-state index >= 15 is 0 Å². The van der Waals surface area contributed by atoms with E-state index in [-0.39, 0.29) is 12.1 Å². The fraction of sp³-hybridized carbons (Fsp3) is 0.308. The maximum Gasteiger partial charge on any atom is 0.344 e. The fourth-order valence-electron chi connectivity index (χ4n) is 2.36. The van der Waals surface area contributed by atoms with Crippen molar-refractivity contribution in [1.29, 1.82) is 0 Å². The van der Waals surface area contributed by atoms with Gasteiger partial charge >= 0.3 is 6.03 Å². The van der Waals surface area contributed by atoms with Gasteiger partial charge < -0.3 is 4.90 Å². The molecule has 0 N–H and O–H groups in total. The fourth-order valence-corrected chi connectivity index (χ4v) is 2.36. The largest absolute Gasteiger partial charge is 0.344 e. The van der Waals surface area contributed by atoms with Crippen LogP contribution < -0.4 is 0 Å². The molecule has 3 rings (SSSR count). The average molecular weight is 258 g/mol. The van der Waals surface area contributed by atoms with Crippen LogP contribution in [0.4, 0.5) is 4.79 Å². The third-order valence-corrected chi connectivity index (χ3v) is 3.22. The van der Waals surface area contributed by atoms with Crippen molar-refractivity contribution in [2.24, 2.45) is 0 Å². The van der Waals surface area contributed by atoms with Crippen LogP contribution in [-0.2, 0) is 4.84 Å². The minimum atomic E-state index is -0.127. The number of aromatic nitrogens is 2. The molecular formula is C13H14N4O2. The molecule has 2 aliphatic rings. The zero-order valence-corrected chi connectivity index (χ0v) is 10.4. The molecule has 2 amide bonds. The molecule has 98 valence electrons. The van der Waals surface area contributed by atoms with E-state index in [1.807, 2.05) is 6.08 Å². The van der Waals surface area contributed by atoms with E-state index in [9.17, 15) is 4.79 Å². The van der Waals surface area contributed by atoms with E-state index in [4.69, 9.17) is 4.84 Å². The molecule has 1 aromatic heterocycles. The van der Waals surface area contributed by atoms with Crippen molar-refractivity contribution in [3.05, 3.63) is 43.0 Å². The van der Waals surface area contributed by atoms with Gasteiger partial charge in [0.05, 0.1) is 25.0 Å². The number of rotatable bonds is 4. The summed E-state index contributed by atoms with van der Waals surface area (Å²) in [4.78, 5) is 27.7. The van der Waals surface area contributed by atoms with E-state index in [2.05, 4.69) is 16.5 Å². The van der Waals surface area contributed by atoms with Crippen molar-refractivity contribution in [3.63, 3.8) is 0 Å². The molecule has 2 aliphatic heterocycles. The van der Waals surface area contributed by atoms with Crippen LogP contribution in [0.5, 0.6) is 0 Å². The highest BCUT2D eigenvalue weighted by atomic mass is 16.7. The van der Waals surface area contributed by atoms with E-state index in [0.717, 1.165) is 11.3 Å². The van der Waals surface area contributed by atoms with Crippen LogP contribution in [0.1, 0.15) is 5.69 Å². The number of hydrogen-bond acceptors (Lipinski definition) is 4. The van der Waals surface area contributed by atoms with Crippen LogP contribution in [0.2, 0.25) is 0 Å². The number of carbonyl (C=O) groups excluding carboxylic acids is 1. The topological polar surface area (TPSA) is 58.6 Å². The van der Waals surface area contributed by atoms with Crippen molar-refractivity contribution in [3.8, 4) is 0 Å². The summed E-state index contributed by atoms with van der Waals surface area (Å²) in [5, 5.41) is 1.41. The first-order valence-electron chi connectivity index (χ1n) is 6.09. The smallest absolute Gasteiger partial charge is 0.317 e. The second-order valence-corrected chi connectivity index (χ2v) is 4.36. The molecule has 0 aromatic carbocycles. The van der Waals surface area contributed by atoms with Gasteiger partial charge in [-0.2, -0.15) is 5.06 Å².